The lowest BCUT2D eigenvalue weighted by molar-refractivity contribution is 0.0523. The number of carbonyl (C=O) groups excluding carboxylic acids is 1. The molecule has 0 spiro atoms. The Morgan fingerprint density at radius 3 is 2.90 bits per heavy atom. The van der Waals surface area contributed by atoms with Crippen molar-refractivity contribution in [1.29, 1.82) is 0 Å². The Bertz CT molecular complexity index is 637. The van der Waals surface area contributed by atoms with Gasteiger partial charge < -0.3 is 9.47 Å². The summed E-state index contributed by atoms with van der Waals surface area (Å²) in [5.74, 6) is -1.12. The van der Waals surface area contributed by atoms with Crippen LogP contribution < -0.4 is 4.74 Å². The van der Waals surface area contributed by atoms with E-state index in [4.69, 9.17) is 21.1 Å². The zero-order chi connectivity index (χ0) is 15.4. The molecule has 0 atom stereocenters. The van der Waals surface area contributed by atoms with Crippen LogP contribution in [0.5, 0.6) is 5.75 Å². The van der Waals surface area contributed by atoms with Crippen molar-refractivity contribution in [3.8, 4) is 5.75 Å². The summed E-state index contributed by atoms with van der Waals surface area (Å²) < 4.78 is 25.4. The predicted molar refractivity (Wildman–Crippen MR) is 74.9 cm³/mol. The molecule has 5 nitrogen and oxygen atoms in total. The largest absolute Gasteiger partial charge is 0.483 e. The van der Waals surface area contributed by atoms with Crippen molar-refractivity contribution < 1.29 is 18.7 Å². The maximum atomic E-state index is 13.6. The highest BCUT2D eigenvalue weighted by Crippen LogP contribution is 2.28. The Morgan fingerprint density at radius 2 is 2.24 bits per heavy atom. The molecule has 0 aliphatic carbocycles. The number of benzene rings is 1. The van der Waals surface area contributed by atoms with Crippen molar-refractivity contribution in [3.63, 3.8) is 0 Å². The van der Waals surface area contributed by atoms with E-state index in [0.29, 0.717) is 5.69 Å². The molecular formula is C14H14ClFN2O3. The fourth-order valence-corrected chi connectivity index (χ4v) is 1.99. The van der Waals surface area contributed by atoms with Gasteiger partial charge in [0.05, 0.1) is 23.5 Å². The first-order chi connectivity index (χ1) is 10.0. The van der Waals surface area contributed by atoms with Gasteiger partial charge in [-0.3, -0.25) is 4.68 Å². The molecule has 1 aromatic heterocycles. The first-order valence-corrected chi connectivity index (χ1v) is 6.67. The molecule has 0 radical (unpaired) electrons. The van der Waals surface area contributed by atoms with E-state index in [9.17, 15) is 9.18 Å². The number of esters is 1. The molecule has 0 N–H and O–H groups in total. The minimum Gasteiger partial charge on any atom is -0.483 e. The number of aryl methyl sites for hydroxylation is 1. The zero-order valence-corrected chi connectivity index (χ0v) is 12.4. The molecule has 0 saturated heterocycles. The number of aromatic nitrogens is 2. The van der Waals surface area contributed by atoms with E-state index in [0.717, 1.165) is 0 Å². The molecular weight excluding hydrogens is 299 g/mol. The van der Waals surface area contributed by atoms with Gasteiger partial charge in [-0.2, -0.15) is 5.10 Å². The van der Waals surface area contributed by atoms with Gasteiger partial charge in [0.15, 0.2) is 11.6 Å². The minimum atomic E-state index is -0.567. The molecule has 1 heterocycles. The highest BCUT2D eigenvalue weighted by molar-refractivity contribution is 6.32. The molecule has 0 amide bonds. The maximum Gasteiger partial charge on any atom is 0.341 e. The standard InChI is InChI=1S/C14H14ClFN2O3/c1-3-20-14(19)9-7-17-18(2)12(9)8-21-13-10(15)5-4-6-11(13)16/h4-7H,3,8H2,1-2H3. The highest BCUT2D eigenvalue weighted by atomic mass is 35.5. The Labute approximate surface area is 126 Å². The average Bonchev–Trinajstić information content (AvgIpc) is 2.80. The van der Waals surface area contributed by atoms with E-state index in [2.05, 4.69) is 5.10 Å². The molecule has 0 fully saturated rings. The number of rotatable bonds is 5. The van der Waals surface area contributed by atoms with Crippen LogP contribution in [0.15, 0.2) is 24.4 Å². The molecule has 1 aromatic carbocycles. The van der Waals surface area contributed by atoms with Crippen molar-refractivity contribution in [2.45, 2.75) is 13.5 Å². The summed E-state index contributed by atoms with van der Waals surface area (Å²) in [6.45, 7) is 1.92. The van der Waals surface area contributed by atoms with Gasteiger partial charge >= 0.3 is 5.97 Å². The maximum absolute atomic E-state index is 13.6. The van der Waals surface area contributed by atoms with Crippen LogP contribution in [0, 0.1) is 5.82 Å². The van der Waals surface area contributed by atoms with Crippen LogP contribution in [0.2, 0.25) is 5.02 Å². The van der Waals surface area contributed by atoms with Crippen LogP contribution in [-0.2, 0) is 18.4 Å². The number of hydrogen-bond donors (Lipinski definition) is 0. The number of halogens is 2. The van der Waals surface area contributed by atoms with Crippen LogP contribution >= 0.6 is 11.6 Å². The van der Waals surface area contributed by atoms with E-state index in [1.807, 2.05) is 0 Å². The van der Waals surface area contributed by atoms with Crippen molar-refractivity contribution in [1.82, 2.24) is 9.78 Å². The Hall–Kier alpha value is -2.08. The summed E-state index contributed by atoms with van der Waals surface area (Å²) in [6.07, 6.45) is 1.39. The third kappa shape index (κ3) is 3.33. The number of carbonyl (C=O) groups is 1. The second-order valence-electron chi connectivity index (χ2n) is 4.19. The van der Waals surface area contributed by atoms with Crippen LogP contribution in [0.3, 0.4) is 0 Å². The van der Waals surface area contributed by atoms with Crippen LogP contribution in [0.1, 0.15) is 23.0 Å². The van der Waals surface area contributed by atoms with Crippen molar-refractivity contribution in [2.24, 2.45) is 7.05 Å². The van der Waals surface area contributed by atoms with Crippen molar-refractivity contribution in [2.75, 3.05) is 6.61 Å². The topological polar surface area (TPSA) is 53.3 Å². The Morgan fingerprint density at radius 1 is 1.48 bits per heavy atom. The summed E-state index contributed by atoms with van der Waals surface area (Å²) in [7, 11) is 1.66. The molecule has 21 heavy (non-hydrogen) atoms. The summed E-state index contributed by atoms with van der Waals surface area (Å²) in [4.78, 5) is 11.8. The lowest BCUT2D eigenvalue weighted by atomic mass is 10.2. The van der Waals surface area contributed by atoms with Gasteiger partial charge in [-0.05, 0) is 19.1 Å². The molecule has 0 saturated carbocycles. The van der Waals surface area contributed by atoms with E-state index in [1.165, 1.54) is 29.1 Å². The quantitative estimate of drug-likeness (QED) is 0.797. The molecule has 2 rings (SSSR count). The summed E-state index contributed by atoms with van der Waals surface area (Å²) >= 11 is 5.88. The fraction of sp³-hybridized carbons (Fsp3) is 0.286. The normalized spacial score (nSPS) is 10.5. The van der Waals surface area contributed by atoms with E-state index >= 15 is 0 Å². The second kappa shape index (κ2) is 6.58. The third-order valence-corrected chi connectivity index (χ3v) is 3.13. The second-order valence-corrected chi connectivity index (χ2v) is 4.60. The number of hydrogen-bond acceptors (Lipinski definition) is 4. The van der Waals surface area contributed by atoms with E-state index in [-0.39, 0.29) is 29.5 Å². The monoisotopic (exact) mass is 312 g/mol. The fourth-order valence-electron chi connectivity index (χ4n) is 1.77. The van der Waals surface area contributed by atoms with Crippen molar-refractivity contribution in [3.05, 3.63) is 46.5 Å². The number of nitrogens with zero attached hydrogens (tertiary/aromatic N) is 2. The lowest BCUT2D eigenvalue weighted by Gasteiger charge is -2.10. The van der Waals surface area contributed by atoms with Gasteiger partial charge in [-0.25, -0.2) is 9.18 Å². The lowest BCUT2D eigenvalue weighted by Crippen LogP contribution is -2.11. The third-order valence-electron chi connectivity index (χ3n) is 2.83. The number of ether oxygens (including phenoxy) is 2. The van der Waals surface area contributed by atoms with E-state index in [1.54, 1.807) is 14.0 Å². The first kappa shape index (κ1) is 15.3. The van der Waals surface area contributed by atoms with Crippen LogP contribution in [0.25, 0.3) is 0 Å². The van der Waals surface area contributed by atoms with Gasteiger partial charge in [0.2, 0.25) is 0 Å². The Kier molecular flexibility index (Phi) is 4.80. The molecule has 0 unspecified atom stereocenters. The van der Waals surface area contributed by atoms with Crippen LogP contribution in [0.4, 0.5) is 4.39 Å². The average molecular weight is 313 g/mol. The molecule has 112 valence electrons. The highest BCUT2D eigenvalue weighted by Gasteiger charge is 2.18. The molecule has 7 heteroatoms. The SMILES string of the molecule is CCOC(=O)c1cnn(C)c1COc1c(F)cccc1Cl. The predicted octanol–water partition coefficient (Wildman–Crippen LogP) is 2.97. The molecule has 0 bridgehead atoms. The molecule has 0 aliphatic rings. The summed E-state index contributed by atoms with van der Waals surface area (Å²) in [5, 5.41) is 4.15. The summed E-state index contributed by atoms with van der Waals surface area (Å²) in [5.41, 5.74) is 0.764. The zero-order valence-electron chi connectivity index (χ0n) is 11.6. The van der Waals surface area contributed by atoms with Crippen molar-refractivity contribution >= 4 is 17.6 Å². The molecule has 2 aromatic rings. The van der Waals surface area contributed by atoms with Gasteiger partial charge in [-0.15, -0.1) is 0 Å². The van der Waals surface area contributed by atoms with Gasteiger partial charge in [0.1, 0.15) is 12.2 Å². The van der Waals surface area contributed by atoms with Gasteiger partial charge in [0, 0.05) is 7.05 Å². The smallest absolute Gasteiger partial charge is 0.341 e. The first-order valence-electron chi connectivity index (χ1n) is 6.29. The minimum absolute atomic E-state index is 0.0503. The number of para-hydroxylation sites is 1. The Balaban J connectivity index is 2.21. The van der Waals surface area contributed by atoms with Crippen LogP contribution in [-0.4, -0.2) is 22.4 Å². The summed E-state index contributed by atoms with van der Waals surface area (Å²) in [6, 6.07) is 4.25. The van der Waals surface area contributed by atoms with E-state index < -0.39 is 11.8 Å². The molecule has 0 aliphatic heterocycles. The van der Waals surface area contributed by atoms with Gasteiger partial charge in [-0.1, -0.05) is 17.7 Å². The van der Waals surface area contributed by atoms with Gasteiger partial charge in [0.25, 0.3) is 0 Å².